The first-order valence-corrected chi connectivity index (χ1v) is 11.0. The summed E-state index contributed by atoms with van der Waals surface area (Å²) >= 11 is 0. The minimum Gasteiger partial charge on any atom is -0.411 e. The van der Waals surface area contributed by atoms with Crippen LogP contribution in [-0.2, 0) is 15.8 Å². The quantitative estimate of drug-likeness (QED) is 0.701. The number of rotatable bonds is 5. The summed E-state index contributed by atoms with van der Waals surface area (Å²) in [5, 5.41) is 0.263. The van der Waals surface area contributed by atoms with Crippen LogP contribution in [0.1, 0.15) is 45.6 Å². The molecule has 0 heterocycles. The molecule has 1 fully saturated rings. The maximum atomic E-state index is 6.58. The molecule has 3 heteroatoms. The zero-order valence-corrected chi connectivity index (χ0v) is 15.2. The monoisotopic (exact) mass is 306 g/mol. The predicted octanol–water partition coefficient (Wildman–Crippen LogP) is 5.15. The van der Waals surface area contributed by atoms with Gasteiger partial charge in [-0.3, -0.25) is 0 Å². The molecule has 1 aliphatic carbocycles. The fraction of sp³-hybridized carbons (Fsp3) is 0.667. The van der Waals surface area contributed by atoms with Gasteiger partial charge in [-0.1, -0.05) is 51.1 Å². The third-order valence-corrected chi connectivity index (χ3v) is 9.46. The zero-order valence-electron chi connectivity index (χ0n) is 14.2. The highest BCUT2D eigenvalue weighted by molar-refractivity contribution is 6.74. The van der Waals surface area contributed by atoms with Crippen LogP contribution in [0.3, 0.4) is 0 Å². The molecule has 1 aromatic rings. The second kappa shape index (κ2) is 6.63. The molecule has 0 bridgehead atoms. The Bertz CT molecular complexity index is 436. The summed E-state index contributed by atoms with van der Waals surface area (Å²) in [6.45, 7) is 12.3. The van der Waals surface area contributed by atoms with Crippen LogP contribution in [0.25, 0.3) is 0 Å². The highest BCUT2D eigenvalue weighted by Gasteiger charge is 2.42. The predicted molar refractivity (Wildman–Crippen MR) is 90.9 cm³/mol. The Morgan fingerprint density at radius 3 is 2.29 bits per heavy atom. The van der Waals surface area contributed by atoms with Gasteiger partial charge in [-0.15, -0.1) is 0 Å². The topological polar surface area (TPSA) is 18.5 Å². The average molecular weight is 307 g/mol. The first-order valence-electron chi connectivity index (χ1n) is 8.13. The van der Waals surface area contributed by atoms with Crippen LogP contribution in [0.5, 0.6) is 0 Å². The van der Waals surface area contributed by atoms with Crippen LogP contribution in [0.15, 0.2) is 30.3 Å². The zero-order chi connectivity index (χ0) is 15.5. The van der Waals surface area contributed by atoms with Crippen LogP contribution in [0.2, 0.25) is 18.1 Å². The number of benzene rings is 1. The molecule has 0 aliphatic heterocycles. The lowest BCUT2D eigenvalue weighted by Crippen LogP contribution is -2.46. The minimum atomic E-state index is -1.70. The van der Waals surface area contributed by atoms with Crippen molar-refractivity contribution >= 4 is 8.32 Å². The van der Waals surface area contributed by atoms with E-state index in [1.165, 1.54) is 12.0 Å². The van der Waals surface area contributed by atoms with Crippen LogP contribution in [0.4, 0.5) is 0 Å². The average Bonchev–Trinajstić information content (AvgIpc) is 2.83. The van der Waals surface area contributed by atoms with Gasteiger partial charge in [0.05, 0.1) is 18.8 Å². The molecule has 1 aliphatic rings. The highest BCUT2D eigenvalue weighted by Crippen LogP contribution is 2.40. The van der Waals surface area contributed by atoms with Crippen molar-refractivity contribution in [3.63, 3.8) is 0 Å². The first-order chi connectivity index (χ1) is 9.79. The third kappa shape index (κ3) is 4.41. The summed E-state index contributed by atoms with van der Waals surface area (Å²) in [7, 11) is -1.70. The molecule has 1 unspecified atom stereocenters. The van der Waals surface area contributed by atoms with E-state index in [4.69, 9.17) is 9.16 Å². The summed E-state index contributed by atoms with van der Waals surface area (Å²) in [6.07, 6.45) is 4.05. The Balaban J connectivity index is 1.91. The smallest absolute Gasteiger partial charge is 0.192 e. The summed E-state index contributed by atoms with van der Waals surface area (Å²) in [5.74, 6) is 0. The Labute approximate surface area is 131 Å². The van der Waals surface area contributed by atoms with Crippen LogP contribution in [-0.4, -0.2) is 20.5 Å². The molecule has 1 saturated carbocycles. The molecule has 0 amide bonds. The van der Waals surface area contributed by atoms with Crippen molar-refractivity contribution in [2.24, 2.45) is 0 Å². The van der Waals surface area contributed by atoms with Gasteiger partial charge in [0, 0.05) is 0 Å². The summed E-state index contributed by atoms with van der Waals surface area (Å²) < 4.78 is 12.7. The van der Waals surface area contributed by atoms with Gasteiger partial charge in [-0.05, 0) is 43.0 Å². The number of ether oxygens (including phenoxy) is 1. The molecule has 1 aromatic carbocycles. The van der Waals surface area contributed by atoms with E-state index in [1.54, 1.807) is 0 Å². The van der Waals surface area contributed by atoms with Crippen molar-refractivity contribution in [2.75, 3.05) is 0 Å². The summed E-state index contributed by atoms with van der Waals surface area (Å²) in [4.78, 5) is 0. The minimum absolute atomic E-state index is 0.263. The molecule has 2 rings (SSSR count). The maximum absolute atomic E-state index is 6.58. The van der Waals surface area contributed by atoms with Gasteiger partial charge in [-0.2, -0.15) is 0 Å². The second-order valence-corrected chi connectivity index (χ2v) is 12.4. The van der Waals surface area contributed by atoms with Gasteiger partial charge in [0.25, 0.3) is 0 Å². The van der Waals surface area contributed by atoms with Gasteiger partial charge in [0.2, 0.25) is 0 Å². The van der Waals surface area contributed by atoms with E-state index in [-0.39, 0.29) is 17.2 Å². The van der Waals surface area contributed by atoms with E-state index < -0.39 is 8.32 Å². The Hall–Kier alpha value is -0.643. The van der Waals surface area contributed by atoms with Gasteiger partial charge in [0.1, 0.15) is 0 Å². The van der Waals surface area contributed by atoms with Crippen molar-refractivity contribution in [1.29, 1.82) is 0 Å². The fourth-order valence-electron chi connectivity index (χ4n) is 2.55. The molecule has 2 atom stereocenters. The van der Waals surface area contributed by atoms with Crippen molar-refractivity contribution in [3.8, 4) is 0 Å². The second-order valence-electron chi connectivity index (χ2n) is 7.68. The SMILES string of the molecule is CC(C)(C)[Si](C)(C)OC1CCC[C@@H]1OCc1ccccc1. The number of hydrogen-bond acceptors (Lipinski definition) is 2. The van der Waals surface area contributed by atoms with Crippen molar-refractivity contribution in [2.45, 2.75) is 77.0 Å². The van der Waals surface area contributed by atoms with E-state index in [1.807, 2.05) is 6.07 Å². The molecule has 0 N–H and O–H groups in total. The standard InChI is InChI=1S/C18H30O2Si/c1-18(2,3)21(4,5)20-17-13-9-12-16(17)19-14-15-10-7-6-8-11-15/h6-8,10-11,16-17H,9,12-14H2,1-5H3/t16-,17?/m0/s1. The van der Waals surface area contributed by atoms with Crippen molar-refractivity contribution in [3.05, 3.63) is 35.9 Å². The largest absolute Gasteiger partial charge is 0.411 e. The Morgan fingerprint density at radius 2 is 1.67 bits per heavy atom. The highest BCUT2D eigenvalue weighted by atomic mass is 28.4. The van der Waals surface area contributed by atoms with Crippen molar-refractivity contribution in [1.82, 2.24) is 0 Å². The fourth-order valence-corrected chi connectivity index (χ4v) is 3.93. The molecule has 0 radical (unpaired) electrons. The van der Waals surface area contributed by atoms with E-state index in [0.717, 1.165) is 12.8 Å². The molecule has 0 spiro atoms. The molecular weight excluding hydrogens is 276 g/mol. The first kappa shape index (κ1) is 16.7. The summed E-state index contributed by atoms with van der Waals surface area (Å²) in [6, 6.07) is 10.4. The maximum Gasteiger partial charge on any atom is 0.192 e. The molecule has 0 aromatic heterocycles. The van der Waals surface area contributed by atoms with Gasteiger partial charge in [0.15, 0.2) is 8.32 Å². The van der Waals surface area contributed by atoms with Gasteiger partial charge < -0.3 is 9.16 Å². The summed E-state index contributed by atoms with van der Waals surface area (Å²) in [5.41, 5.74) is 1.25. The van der Waals surface area contributed by atoms with Crippen LogP contribution < -0.4 is 0 Å². The Morgan fingerprint density at radius 1 is 1.05 bits per heavy atom. The Kier molecular flexibility index (Phi) is 5.28. The molecule has 0 saturated heterocycles. The molecule has 21 heavy (non-hydrogen) atoms. The van der Waals surface area contributed by atoms with Gasteiger partial charge >= 0.3 is 0 Å². The van der Waals surface area contributed by atoms with E-state index in [2.05, 4.69) is 58.1 Å². The number of hydrogen-bond donors (Lipinski definition) is 0. The van der Waals surface area contributed by atoms with Gasteiger partial charge in [-0.25, -0.2) is 0 Å². The molecular formula is C18H30O2Si. The lowest BCUT2D eigenvalue weighted by molar-refractivity contribution is -0.0220. The van der Waals surface area contributed by atoms with E-state index in [0.29, 0.717) is 6.61 Å². The normalized spacial score (nSPS) is 23.5. The lowest BCUT2D eigenvalue weighted by Gasteiger charge is -2.39. The lowest BCUT2D eigenvalue weighted by atomic mass is 10.2. The van der Waals surface area contributed by atoms with E-state index >= 15 is 0 Å². The van der Waals surface area contributed by atoms with Crippen molar-refractivity contribution < 1.29 is 9.16 Å². The van der Waals surface area contributed by atoms with Crippen LogP contribution >= 0.6 is 0 Å². The molecule has 2 nitrogen and oxygen atoms in total. The van der Waals surface area contributed by atoms with E-state index in [9.17, 15) is 0 Å². The third-order valence-electron chi connectivity index (χ3n) is 4.95. The van der Waals surface area contributed by atoms with Crippen LogP contribution in [0, 0.1) is 0 Å². The molecule has 118 valence electrons.